The van der Waals surface area contributed by atoms with Crippen LogP contribution in [0.1, 0.15) is 31.9 Å². The second-order valence-electron chi connectivity index (χ2n) is 5.81. The van der Waals surface area contributed by atoms with E-state index in [1.807, 2.05) is 32.0 Å². The van der Waals surface area contributed by atoms with Crippen LogP contribution in [-0.2, 0) is 16.0 Å². The summed E-state index contributed by atoms with van der Waals surface area (Å²) in [5.41, 5.74) is 2.73. The van der Waals surface area contributed by atoms with Gasteiger partial charge in [0.05, 0.1) is 0 Å². The van der Waals surface area contributed by atoms with Crippen molar-refractivity contribution in [3.05, 3.63) is 41.1 Å². The monoisotopic (exact) mass is 329 g/mol. The van der Waals surface area contributed by atoms with Crippen molar-refractivity contribution in [2.75, 3.05) is 5.32 Å². The van der Waals surface area contributed by atoms with Crippen LogP contribution in [-0.4, -0.2) is 23.0 Å². The molecule has 0 aliphatic rings. The Morgan fingerprint density at radius 1 is 1.38 bits per heavy atom. The minimum absolute atomic E-state index is 0.174. The Morgan fingerprint density at radius 2 is 2.04 bits per heavy atom. The van der Waals surface area contributed by atoms with E-state index in [1.165, 1.54) is 6.20 Å². The first-order valence-electron chi connectivity index (χ1n) is 7.80. The van der Waals surface area contributed by atoms with Crippen molar-refractivity contribution in [3.63, 3.8) is 0 Å². The number of rotatable bonds is 7. The summed E-state index contributed by atoms with van der Waals surface area (Å²) in [4.78, 5) is 23.3. The van der Waals surface area contributed by atoms with E-state index < -0.39 is 17.9 Å². The number of nitriles is 1. The van der Waals surface area contributed by atoms with E-state index in [9.17, 15) is 14.9 Å². The average molecular weight is 329 g/mol. The van der Waals surface area contributed by atoms with E-state index in [-0.39, 0.29) is 11.5 Å². The van der Waals surface area contributed by atoms with Gasteiger partial charge in [-0.05, 0) is 30.4 Å². The number of para-hydroxylation sites is 1. The molecule has 1 atom stereocenters. The third-order valence-corrected chi connectivity index (χ3v) is 3.69. The van der Waals surface area contributed by atoms with Crippen LogP contribution >= 0.6 is 0 Å². The number of benzene rings is 1. The van der Waals surface area contributed by atoms with E-state index in [4.69, 9.17) is 5.11 Å². The number of aryl methyl sites for hydroxylation is 2. The van der Waals surface area contributed by atoms with Crippen molar-refractivity contribution in [1.29, 1.82) is 5.26 Å². The van der Waals surface area contributed by atoms with Crippen molar-refractivity contribution in [2.45, 2.75) is 40.2 Å². The molecule has 0 saturated heterocycles. The van der Waals surface area contributed by atoms with Crippen LogP contribution in [0, 0.1) is 24.2 Å². The first-order valence-corrected chi connectivity index (χ1v) is 7.80. The smallest absolute Gasteiger partial charge is 0.326 e. The largest absolute Gasteiger partial charge is 0.480 e. The molecule has 6 nitrogen and oxygen atoms in total. The van der Waals surface area contributed by atoms with Gasteiger partial charge in [0, 0.05) is 11.9 Å². The number of hydrogen-bond donors (Lipinski definition) is 3. The van der Waals surface area contributed by atoms with E-state index >= 15 is 0 Å². The highest BCUT2D eigenvalue weighted by Gasteiger charge is 2.24. The van der Waals surface area contributed by atoms with Gasteiger partial charge in [-0.3, -0.25) is 4.79 Å². The minimum Gasteiger partial charge on any atom is -0.480 e. The maximum absolute atomic E-state index is 12.1. The Labute approximate surface area is 142 Å². The molecule has 0 aliphatic heterocycles. The molecule has 0 aromatic heterocycles. The summed E-state index contributed by atoms with van der Waals surface area (Å²) >= 11 is 0. The van der Waals surface area contributed by atoms with Crippen molar-refractivity contribution in [2.24, 2.45) is 5.92 Å². The molecule has 6 heteroatoms. The van der Waals surface area contributed by atoms with Gasteiger partial charge in [-0.25, -0.2) is 4.79 Å². The SMILES string of the molecule is CCc1cccc(C)c1N/C=C(/C#N)C(=O)NC(C(=O)O)C(C)C. The van der Waals surface area contributed by atoms with Crippen LogP contribution in [0.25, 0.3) is 0 Å². The lowest BCUT2D eigenvalue weighted by molar-refractivity contribution is -0.142. The van der Waals surface area contributed by atoms with Gasteiger partial charge in [0.1, 0.15) is 17.7 Å². The molecule has 3 N–H and O–H groups in total. The van der Waals surface area contributed by atoms with Gasteiger partial charge < -0.3 is 15.7 Å². The van der Waals surface area contributed by atoms with Gasteiger partial charge in [0.15, 0.2) is 0 Å². The standard InChI is InChI=1S/C18H23N3O3/c1-5-13-8-6-7-12(4)16(13)20-10-14(9-19)17(22)21-15(11(2)3)18(23)24/h6-8,10-11,15,20H,5H2,1-4H3,(H,21,22)(H,23,24)/b14-10-. The number of carboxylic acid groups (broad SMARTS) is 1. The predicted octanol–water partition coefficient (Wildman–Crippen LogP) is 2.60. The molecule has 1 unspecified atom stereocenters. The van der Waals surface area contributed by atoms with Crippen LogP contribution in [0.5, 0.6) is 0 Å². The maximum atomic E-state index is 12.1. The lowest BCUT2D eigenvalue weighted by atomic mass is 10.0. The van der Waals surface area contributed by atoms with E-state index in [0.717, 1.165) is 23.2 Å². The molecule has 1 rings (SSSR count). The molecule has 24 heavy (non-hydrogen) atoms. The topological polar surface area (TPSA) is 102 Å². The number of amides is 1. The number of carbonyl (C=O) groups excluding carboxylic acids is 1. The highest BCUT2D eigenvalue weighted by atomic mass is 16.4. The molecule has 0 fully saturated rings. The molecule has 1 aromatic rings. The maximum Gasteiger partial charge on any atom is 0.326 e. The van der Waals surface area contributed by atoms with Crippen LogP contribution in [0.3, 0.4) is 0 Å². The van der Waals surface area contributed by atoms with Crippen molar-refractivity contribution >= 4 is 17.6 Å². The van der Waals surface area contributed by atoms with Crippen LogP contribution in [0.2, 0.25) is 0 Å². The molecule has 1 aromatic carbocycles. The van der Waals surface area contributed by atoms with Crippen molar-refractivity contribution in [3.8, 4) is 6.07 Å². The predicted molar refractivity (Wildman–Crippen MR) is 92.3 cm³/mol. The summed E-state index contributed by atoms with van der Waals surface area (Å²) in [6.07, 6.45) is 2.12. The lowest BCUT2D eigenvalue weighted by Crippen LogP contribution is -2.44. The summed E-state index contributed by atoms with van der Waals surface area (Å²) in [6, 6.07) is 6.61. The molecule has 0 bridgehead atoms. The first-order chi connectivity index (χ1) is 11.3. The normalized spacial score (nSPS) is 12.4. The molecule has 0 saturated carbocycles. The van der Waals surface area contributed by atoms with Gasteiger partial charge >= 0.3 is 5.97 Å². The third-order valence-electron chi connectivity index (χ3n) is 3.69. The van der Waals surface area contributed by atoms with Gasteiger partial charge in [0.25, 0.3) is 5.91 Å². The summed E-state index contributed by atoms with van der Waals surface area (Å²) in [7, 11) is 0. The Kier molecular flexibility index (Phi) is 6.99. The quantitative estimate of drug-likeness (QED) is 0.527. The summed E-state index contributed by atoms with van der Waals surface area (Å²) in [5, 5.41) is 23.7. The number of hydrogen-bond acceptors (Lipinski definition) is 4. The lowest BCUT2D eigenvalue weighted by Gasteiger charge is -2.17. The van der Waals surface area contributed by atoms with Crippen LogP contribution < -0.4 is 10.6 Å². The Balaban J connectivity index is 2.98. The van der Waals surface area contributed by atoms with E-state index in [1.54, 1.807) is 19.9 Å². The molecular formula is C18H23N3O3. The number of nitrogens with zero attached hydrogens (tertiary/aromatic N) is 1. The minimum atomic E-state index is -1.13. The van der Waals surface area contributed by atoms with Crippen LogP contribution in [0.15, 0.2) is 30.0 Å². The highest BCUT2D eigenvalue weighted by Crippen LogP contribution is 2.21. The highest BCUT2D eigenvalue weighted by molar-refractivity contribution is 5.99. The van der Waals surface area contributed by atoms with E-state index in [0.29, 0.717) is 0 Å². The zero-order chi connectivity index (χ0) is 18.3. The fourth-order valence-corrected chi connectivity index (χ4v) is 2.26. The third kappa shape index (κ3) is 4.85. The van der Waals surface area contributed by atoms with Crippen molar-refractivity contribution in [1.82, 2.24) is 5.32 Å². The summed E-state index contributed by atoms with van der Waals surface area (Å²) in [6.45, 7) is 7.32. The Hall–Kier alpha value is -2.81. The second kappa shape index (κ2) is 8.73. The van der Waals surface area contributed by atoms with Gasteiger partial charge in [-0.2, -0.15) is 5.26 Å². The molecule has 0 radical (unpaired) electrons. The number of carbonyl (C=O) groups is 2. The fourth-order valence-electron chi connectivity index (χ4n) is 2.26. The summed E-state index contributed by atoms with van der Waals surface area (Å²) < 4.78 is 0. The summed E-state index contributed by atoms with van der Waals surface area (Å²) in [5.74, 6) is -2.13. The molecular weight excluding hydrogens is 306 g/mol. The molecule has 1 amide bonds. The number of anilines is 1. The Morgan fingerprint density at radius 3 is 2.54 bits per heavy atom. The second-order valence-corrected chi connectivity index (χ2v) is 5.81. The van der Waals surface area contributed by atoms with Gasteiger partial charge in [-0.15, -0.1) is 0 Å². The first kappa shape index (κ1) is 19.2. The number of carboxylic acids is 1. The Bertz CT molecular complexity index is 687. The van der Waals surface area contributed by atoms with Crippen LogP contribution in [0.4, 0.5) is 5.69 Å². The number of aliphatic carboxylic acids is 1. The van der Waals surface area contributed by atoms with Gasteiger partial charge in [-0.1, -0.05) is 39.0 Å². The van der Waals surface area contributed by atoms with Gasteiger partial charge in [0.2, 0.25) is 0 Å². The fraction of sp³-hybridized carbons (Fsp3) is 0.389. The zero-order valence-electron chi connectivity index (χ0n) is 14.4. The zero-order valence-corrected chi connectivity index (χ0v) is 14.4. The van der Waals surface area contributed by atoms with Crippen molar-refractivity contribution < 1.29 is 14.7 Å². The molecule has 0 aliphatic carbocycles. The average Bonchev–Trinajstić information content (AvgIpc) is 2.53. The molecule has 0 heterocycles. The van der Waals surface area contributed by atoms with E-state index in [2.05, 4.69) is 10.6 Å². The number of nitrogens with one attached hydrogen (secondary N) is 2. The molecule has 0 spiro atoms. The molecule has 128 valence electrons.